The third kappa shape index (κ3) is 7.74. The number of hydrogen-bond donors (Lipinski definition) is 2. The number of alkyl halides is 6. The number of nitrogens with two attached hydrogens (primary N) is 1. The van der Waals surface area contributed by atoms with Gasteiger partial charge in [0.2, 0.25) is 12.7 Å². The maximum absolute atomic E-state index is 13.7. The van der Waals surface area contributed by atoms with E-state index in [1.165, 1.54) is 11.8 Å². The molecular weight excluding hydrogens is 624 g/mol. The van der Waals surface area contributed by atoms with Gasteiger partial charge in [-0.1, -0.05) is 37.3 Å². The van der Waals surface area contributed by atoms with E-state index in [0.717, 1.165) is 0 Å². The number of esters is 1. The zero-order valence-electron chi connectivity index (χ0n) is 25.2. The van der Waals surface area contributed by atoms with Crippen LogP contribution in [0.25, 0.3) is 0 Å². The van der Waals surface area contributed by atoms with Gasteiger partial charge in [0.25, 0.3) is 0 Å². The summed E-state index contributed by atoms with van der Waals surface area (Å²) in [5.74, 6) is -1.00. The van der Waals surface area contributed by atoms with Crippen molar-refractivity contribution in [2.75, 3.05) is 19.9 Å². The van der Waals surface area contributed by atoms with Crippen molar-refractivity contribution in [1.29, 1.82) is 0 Å². The molecule has 1 spiro atoms. The molecule has 0 saturated carbocycles. The predicted octanol–water partition coefficient (Wildman–Crippen LogP) is 5.82. The largest absolute Gasteiger partial charge is 0.427 e. The maximum Gasteiger partial charge on any atom is 0.416 e. The van der Waals surface area contributed by atoms with Gasteiger partial charge in [-0.05, 0) is 61.9 Å². The van der Waals surface area contributed by atoms with Gasteiger partial charge in [0.1, 0.15) is 6.04 Å². The van der Waals surface area contributed by atoms with E-state index < -0.39 is 65.6 Å². The number of benzene rings is 2. The molecule has 2 aliphatic rings. The second-order valence-electron chi connectivity index (χ2n) is 11.6. The average molecular weight is 660 g/mol. The Morgan fingerprint density at radius 3 is 2.15 bits per heavy atom. The topological polar surface area (TPSA) is 120 Å². The summed E-state index contributed by atoms with van der Waals surface area (Å²) in [7, 11) is 0. The Hall–Kier alpha value is -3.85. The van der Waals surface area contributed by atoms with Crippen LogP contribution in [0.5, 0.6) is 0 Å². The maximum atomic E-state index is 13.7. The van der Waals surface area contributed by atoms with E-state index in [4.69, 9.17) is 19.9 Å². The van der Waals surface area contributed by atoms with E-state index in [0.29, 0.717) is 30.5 Å². The number of amides is 2. The average Bonchev–Trinajstić information content (AvgIpc) is 3.38. The molecule has 0 aliphatic carbocycles. The van der Waals surface area contributed by atoms with E-state index in [1.54, 1.807) is 37.3 Å². The minimum absolute atomic E-state index is 0.0378. The van der Waals surface area contributed by atoms with Crippen molar-refractivity contribution in [2.45, 2.75) is 81.5 Å². The van der Waals surface area contributed by atoms with Crippen molar-refractivity contribution >= 4 is 18.0 Å². The number of likely N-dealkylation sites (tertiary alicyclic amines) is 1. The Morgan fingerprint density at radius 1 is 0.978 bits per heavy atom. The van der Waals surface area contributed by atoms with Gasteiger partial charge in [-0.15, -0.1) is 0 Å². The zero-order chi connectivity index (χ0) is 33.9. The van der Waals surface area contributed by atoms with Crippen LogP contribution in [0.4, 0.5) is 31.1 Å². The normalized spacial score (nSPS) is 23.2. The Balaban J connectivity index is 1.68. The predicted molar refractivity (Wildman–Crippen MR) is 151 cm³/mol. The van der Waals surface area contributed by atoms with Gasteiger partial charge in [0.15, 0.2) is 0 Å². The van der Waals surface area contributed by atoms with Gasteiger partial charge >= 0.3 is 24.4 Å². The molecule has 2 aliphatic heterocycles. The molecular formula is C31H35F6N3O6. The van der Waals surface area contributed by atoms with Gasteiger partial charge in [0.05, 0.1) is 34.9 Å². The smallest absolute Gasteiger partial charge is 0.416 e. The fourth-order valence-electron chi connectivity index (χ4n) is 5.78. The van der Waals surface area contributed by atoms with E-state index in [1.807, 2.05) is 0 Å². The number of rotatable bonds is 9. The van der Waals surface area contributed by atoms with Gasteiger partial charge in [-0.3, -0.25) is 14.5 Å². The monoisotopic (exact) mass is 659 g/mol. The highest BCUT2D eigenvalue weighted by Gasteiger charge is 2.54. The summed E-state index contributed by atoms with van der Waals surface area (Å²) in [6.07, 6.45) is -10.9. The van der Waals surface area contributed by atoms with Crippen LogP contribution in [-0.2, 0) is 41.7 Å². The molecule has 9 nitrogen and oxygen atoms in total. The van der Waals surface area contributed by atoms with Crippen LogP contribution in [-0.4, -0.2) is 54.4 Å². The van der Waals surface area contributed by atoms with Crippen molar-refractivity contribution in [3.8, 4) is 0 Å². The van der Waals surface area contributed by atoms with Crippen molar-refractivity contribution in [3.63, 3.8) is 0 Å². The molecule has 3 N–H and O–H groups in total. The fraction of sp³-hybridized carbons (Fsp3) is 0.516. The van der Waals surface area contributed by atoms with Gasteiger partial charge in [-0.25, -0.2) is 4.79 Å². The van der Waals surface area contributed by atoms with Crippen molar-refractivity contribution in [2.24, 2.45) is 5.73 Å². The first-order valence-corrected chi connectivity index (χ1v) is 14.6. The molecule has 2 saturated heterocycles. The first-order valence-electron chi connectivity index (χ1n) is 14.6. The molecule has 0 aromatic heterocycles. The van der Waals surface area contributed by atoms with Crippen LogP contribution < -0.4 is 11.1 Å². The molecule has 0 bridgehead atoms. The highest BCUT2D eigenvalue weighted by atomic mass is 19.4. The van der Waals surface area contributed by atoms with Crippen LogP contribution in [0.2, 0.25) is 0 Å². The molecule has 46 heavy (non-hydrogen) atoms. The SMILES string of the molecule is CCC(N)C(=O)OCOC(=O)N1C[C@@]2(CCC(=O)N2)CC[C@@]1(CO[C@H](C)c1cc(C(F)(F)F)cc(C(F)(F)F)c1)c1ccccc1. The van der Waals surface area contributed by atoms with Crippen LogP contribution in [0, 0.1) is 0 Å². The second-order valence-corrected chi connectivity index (χ2v) is 11.6. The molecule has 2 fully saturated rings. The summed E-state index contributed by atoms with van der Waals surface area (Å²) in [5.41, 5.74) is 0.717. The first-order chi connectivity index (χ1) is 21.5. The highest BCUT2D eigenvalue weighted by molar-refractivity contribution is 5.80. The van der Waals surface area contributed by atoms with Crippen LogP contribution in [0.1, 0.15) is 74.3 Å². The molecule has 1 unspecified atom stereocenters. The molecule has 2 aromatic rings. The number of carbonyl (C=O) groups excluding carboxylic acids is 3. The minimum Gasteiger partial charge on any atom is -0.427 e. The lowest BCUT2D eigenvalue weighted by Gasteiger charge is -2.52. The van der Waals surface area contributed by atoms with Gasteiger partial charge in [0, 0.05) is 13.0 Å². The molecule has 2 aromatic carbocycles. The number of piperidine rings is 1. The van der Waals surface area contributed by atoms with Crippen LogP contribution in [0.3, 0.4) is 0 Å². The van der Waals surface area contributed by atoms with Crippen molar-refractivity contribution in [3.05, 3.63) is 70.8 Å². The molecule has 2 heterocycles. The Labute approximate surface area is 261 Å². The zero-order valence-corrected chi connectivity index (χ0v) is 25.2. The lowest BCUT2D eigenvalue weighted by atomic mass is 9.74. The molecule has 0 radical (unpaired) electrons. The number of ether oxygens (including phenoxy) is 3. The quantitative estimate of drug-likeness (QED) is 0.198. The van der Waals surface area contributed by atoms with Crippen LogP contribution >= 0.6 is 0 Å². The number of nitrogens with one attached hydrogen (secondary N) is 1. The number of hydrogen-bond acceptors (Lipinski definition) is 7. The standard InChI is InChI=1S/C31H35F6N3O6/c1-3-24(38)26(42)45-18-46-27(43)40-16-28(10-9-25(41)39-28)11-12-29(40,21-7-5-4-6-8-21)17-44-19(2)20-13-22(30(32,33)34)15-23(14-20)31(35,36)37/h4-8,13-15,19,24H,3,9-12,16-18,38H2,1-2H3,(H,39,41)/t19-,24?,28-,29-/m1/s1. The molecule has 252 valence electrons. The molecule has 4 rings (SSSR count). The fourth-order valence-corrected chi connectivity index (χ4v) is 5.78. The summed E-state index contributed by atoms with van der Waals surface area (Å²) in [5, 5.41) is 2.93. The lowest BCUT2D eigenvalue weighted by molar-refractivity contribution is -0.155. The van der Waals surface area contributed by atoms with E-state index in [9.17, 15) is 40.7 Å². The summed E-state index contributed by atoms with van der Waals surface area (Å²) in [6.45, 7) is 1.78. The Bertz CT molecular complexity index is 1390. The lowest BCUT2D eigenvalue weighted by Crippen LogP contribution is -2.65. The van der Waals surface area contributed by atoms with Gasteiger partial charge < -0.3 is 25.3 Å². The third-order valence-electron chi connectivity index (χ3n) is 8.54. The van der Waals surface area contributed by atoms with E-state index in [-0.39, 0.29) is 50.0 Å². The van der Waals surface area contributed by atoms with Crippen molar-refractivity contribution in [1.82, 2.24) is 10.2 Å². The molecule has 4 atom stereocenters. The van der Waals surface area contributed by atoms with Crippen molar-refractivity contribution < 1.29 is 54.9 Å². The summed E-state index contributed by atoms with van der Waals surface area (Å²) in [6, 6.07) is 8.82. The molecule has 15 heteroatoms. The summed E-state index contributed by atoms with van der Waals surface area (Å²) in [4.78, 5) is 39.3. The third-order valence-corrected chi connectivity index (χ3v) is 8.54. The number of nitrogens with zero attached hydrogens (tertiary/aromatic N) is 1. The van der Waals surface area contributed by atoms with E-state index >= 15 is 0 Å². The highest BCUT2D eigenvalue weighted by Crippen LogP contribution is 2.45. The first kappa shape index (κ1) is 35.0. The van der Waals surface area contributed by atoms with E-state index in [2.05, 4.69) is 5.32 Å². The number of carbonyl (C=O) groups is 3. The van der Waals surface area contributed by atoms with Gasteiger partial charge in [-0.2, -0.15) is 26.3 Å². The minimum atomic E-state index is -5.05. The number of halogens is 6. The Morgan fingerprint density at radius 2 is 1.61 bits per heavy atom. The summed E-state index contributed by atoms with van der Waals surface area (Å²) >= 11 is 0. The molecule has 2 amide bonds. The Kier molecular flexibility index (Phi) is 10.3. The summed E-state index contributed by atoms with van der Waals surface area (Å²) < 4.78 is 97.6. The van der Waals surface area contributed by atoms with Crippen LogP contribution in [0.15, 0.2) is 48.5 Å². The second kappa shape index (κ2) is 13.5.